The average Bonchev–Trinajstić information content (AvgIpc) is 2.92. The van der Waals surface area contributed by atoms with Crippen LogP contribution in [0.5, 0.6) is 0 Å². The predicted molar refractivity (Wildman–Crippen MR) is 70.4 cm³/mol. The molecule has 0 aliphatic heterocycles. The number of benzene rings is 1. The normalized spacial score (nSPS) is 11.9. The number of para-hydroxylation sites is 1. The monoisotopic (exact) mass is 262 g/mol. The molecule has 1 amide bonds. The molecule has 19 heavy (non-hydrogen) atoms. The number of hydrogen-bond acceptors (Lipinski definition) is 3. The van der Waals surface area contributed by atoms with Gasteiger partial charge in [0.2, 0.25) is 0 Å². The summed E-state index contributed by atoms with van der Waals surface area (Å²) in [4.78, 5) is 19.1. The van der Waals surface area contributed by atoms with Crippen LogP contribution in [0.3, 0.4) is 0 Å². The number of carbonyl (C=O) groups is 1. The Morgan fingerprint density at radius 3 is 2.89 bits per heavy atom. The number of carbonyl (C=O) groups excluding carboxylic acids is 1. The molecule has 1 unspecified atom stereocenters. The largest absolute Gasteiger partial charge is 0.385 e. The zero-order valence-electron chi connectivity index (χ0n) is 10.7. The van der Waals surface area contributed by atoms with E-state index in [4.69, 9.17) is 0 Å². The lowest BCUT2D eigenvalue weighted by atomic mass is 10.1. The number of rotatable bonds is 4. The number of aromatic amines is 1. The third kappa shape index (κ3) is 2.73. The van der Waals surface area contributed by atoms with E-state index in [0.29, 0.717) is 5.82 Å². The first-order valence-corrected chi connectivity index (χ1v) is 5.90. The van der Waals surface area contributed by atoms with Crippen molar-refractivity contribution in [1.29, 1.82) is 0 Å². The fraction of sp³-hybridized carbons (Fsp3) is 0.231. The molecule has 3 N–H and O–H groups in total. The van der Waals surface area contributed by atoms with Crippen molar-refractivity contribution < 1.29 is 9.18 Å². The van der Waals surface area contributed by atoms with Crippen molar-refractivity contribution in [2.24, 2.45) is 0 Å². The Morgan fingerprint density at radius 1 is 1.47 bits per heavy atom. The summed E-state index contributed by atoms with van der Waals surface area (Å²) in [5.41, 5.74) is 0.451. The SMILES string of the molecule is CNc1c(F)cccc1C(=O)NC(C)c1ncc[nH]1. The number of anilines is 1. The Hall–Kier alpha value is -2.37. The van der Waals surface area contributed by atoms with Gasteiger partial charge in [0.1, 0.15) is 11.6 Å². The Labute approximate surface area is 110 Å². The van der Waals surface area contributed by atoms with Crippen molar-refractivity contribution in [2.45, 2.75) is 13.0 Å². The van der Waals surface area contributed by atoms with Gasteiger partial charge < -0.3 is 15.6 Å². The Balaban J connectivity index is 2.19. The van der Waals surface area contributed by atoms with Crippen LogP contribution in [0.25, 0.3) is 0 Å². The minimum absolute atomic E-state index is 0.187. The number of halogens is 1. The van der Waals surface area contributed by atoms with E-state index >= 15 is 0 Å². The summed E-state index contributed by atoms with van der Waals surface area (Å²) in [7, 11) is 1.57. The second-order valence-corrected chi connectivity index (χ2v) is 4.08. The molecule has 1 atom stereocenters. The van der Waals surface area contributed by atoms with E-state index < -0.39 is 5.82 Å². The molecule has 1 heterocycles. The predicted octanol–water partition coefficient (Wildman–Crippen LogP) is 2.08. The molecule has 0 saturated carbocycles. The number of nitrogens with one attached hydrogen (secondary N) is 3. The minimum atomic E-state index is -0.458. The molecule has 0 fully saturated rings. The summed E-state index contributed by atoms with van der Waals surface area (Å²) < 4.78 is 13.6. The quantitative estimate of drug-likeness (QED) is 0.790. The van der Waals surface area contributed by atoms with Crippen molar-refractivity contribution in [3.8, 4) is 0 Å². The highest BCUT2D eigenvalue weighted by Crippen LogP contribution is 2.20. The first-order chi connectivity index (χ1) is 9.13. The fourth-order valence-corrected chi connectivity index (χ4v) is 1.82. The third-order valence-electron chi connectivity index (χ3n) is 2.79. The van der Waals surface area contributed by atoms with Crippen LogP contribution in [0.4, 0.5) is 10.1 Å². The van der Waals surface area contributed by atoms with Gasteiger partial charge in [-0.25, -0.2) is 9.37 Å². The van der Waals surface area contributed by atoms with Gasteiger partial charge in [-0.1, -0.05) is 6.07 Å². The van der Waals surface area contributed by atoms with E-state index in [1.54, 1.807) is 32.4 Å². The van der Waals surface area contributed by atoms with Gasteiger partial charge in [0, 0.05) is 19.4 Å². The van der Waals surface area contributed by atoms with Crippen LogP contribution in [0.15, 0.2) is 30.6 Å². The molecule has 2 rings (SSSR count). The van der Waals surface area contributed by atoms with Crippen LogP contribution in [-0.4, -0.2) is 22.9 Å². The summed E-state index contributed by atoms with van der Waals surface area (Å²) in [5, 5.41) is 5.45. The van der Waals surface area contributed by atoms with Crippen molar-refractivity contribution in [3.63, 3.8) is 0 Å². The zero-order valence-corrected chi connectivity index (χ0v) is 10.7. The van der Waals surface area contributed by atoms with E-state index in [-0.39, 0.29) is 23.2 Å². The summed E-state index contributed by atoms with van der Waals surface area (Å²) in [6.45, 7) is 1.80. The number of hydrogen-bond donors (Lipinski definition) is 3. The summed E-state index contributed by atoms with van der Waals surface area (Å²) >= 11 is 0. The fourth-order valence-electron chi connectivity index (χ4n) is 1.82. The van der Waals surface area contributed by atoms with Gasteiger partial charge in [-0.2, -0.15) is 0 Å². The topological polar surface area (TPSA) is 69.8 Å². The molecule has 0 spiro atoms. The van der Waals surface area contributed by atoms with Crippen molar-refractivity contribution in [1.82, 2.24) is 15.3 Å². The van der Waals surface area contributed by atoms with Crippen LogP contribution >= 0.6 is 0 Å². The molecular weight excluding hydrogens is 247 g/mol. The van der Waals surface area contributed by atoms with Gasteiger partial charge in [0.05, 0.1) is 17.3 Å². The van der Waals surface area contributed by atoms with Crippen LogP contribution < -0.4 is 10.6 Å². The van der Waals surface area contributed by atoms with Gasteiger partial charge >= 0.3 is 0 Å². The molecular formula is C13H15FN4O. The Kier molecular flexibility index (Phi) is 3.79. The molecule has 100 valence electrons. The lowest BCUT2D eigenvalue weighted by molar-refractivity contribution is 0.0939. The first kappa shape index (κ1) is 13.1. The van der Waals surface area contributed by atoms with E-state index in [9.17, 15) is 9.18 Å². The van der Waals surface area contributed by atoms with Crippen LogP contribution in [0.2, 0.25) is 0 Å². The molecule has 5 nitrogen and oxygen atoms in total. The molecule has 1 aromatic heterocycles. The highest BCUT2D eigenvalue weighted by atomic mass is 19.1. The van der Waals surface area contributed by atoms with Gasteiger partial charge in [-0.15, -0.1) is 0 Å². The summed E-state index contributed by atoms with van der Waals surface area (Å²) in [6, 6.07) is 4.09. The summed E-state index contributed by atoms with van der Waals surface area (Å²) in [6.07, 6.45) is 3.29. The van der Waals surface area contributed by atoms with E-state index in [0.717, 1.165) is 0 Å². The van der Waals surface area contributed by atoms with Gasteiger partial charge in [0.15, 0.2) is 0 Å². The second kappa shape index (κ2) is 5.51. The maximum Gasteiger partial charge on any atom is 0.254 e. The number of aromatic nitrogens is 2. The number of H-pyrrole nitrogens is 1. The molecule has 6 heteroatoms. The molecule has 0 aliphatic carbocycles. The van der Waals surface area contributed by atoms with Crippen LogP contribution in [-0.2, 0) is 0 Å². The van der Waals surface area contributed by atoms with Crippen molar-refractivity contribution in [3.05, 3.63) is 47.8 Å². The highest BCUT2D eigenvalue weighted by Gasteiger charge is 2.17. The van der Waals surface area contributed by atoms with Crippen LogP contribution in [0.1, 0.15) is 29.1 Å². The van der Waals surface area contributed by atoms with Crippen LogP contribution in [0, 0.1) is 5.82 Å². The first-order valence-electron chi connectivity index (χ1n) is 5.90. The smallest absolute Gasteiger partial charge is 0.254 e. The van der Waals surface area contributed by atoms with E-state index in [1.807, 2.05) is 0 Å². The average molecular weight is 262 g/mol. The molecule has 1 aromatic carbocycles. The van der Waals surface area contributed by atoms with E-state index in [1.165, 1.54) is 12.1 Å². The van der Waals surface area contributed by atoms with Crippen molar-refractivity contribution >= 4 is 11.6 Å². The van der Waals surface area contributed by atoms with Gasteiger partial charge in [-0.3, -0.25) is 4.79 Å². The van der Waals surface area contributed by atoms with Crippen molar-refractivity contribution in [2.75, 3.05) is 12.4 Å². The maximum absolute atomic E-state index is 13.6. The minimum Gasteiger partial charge on any atom is -0.385 e. The third-order valence-corrected chi connectivity index (χ3v) is 2.79. The molecule has 0 aliphatic rings. The summed E-state index contributed by atoms with van der Waals surface area (Å²) in [5.74, 6) is -0.163. The lowest BCUT2D eigenvalue weighted by Crippen LogP contribution is -2.28. The maximum atomic E-state index is 13.6. The Morgan fingerprint density at radius 2 is 2.26 bits per heavy atom. The standard InChI is InChI=1S/C13H15FN4O/c1-8(12-16-6-7-17-12)18-13(19)9-4-3-5-10(14)11(9)15-2/h3-8,15H,1-2H3,(H,16,17)(H,18,19). The highest BCUT2D eigenvalue weighted by molar-refractivity contribution is 5.99. The molecule has 0 bridgehead atoms. The van der Waals surface area contributed by atoms with E-state index in [2.05, 4.69) is 20.6 Å². The zero-order chi connectivity index (χ0) is 13.8. The molecule has 0 saturated heterocycles. The number of imidazole rings is 1. The second-order valence-electron chi connectivity index (χ2n) is 4.08. The molecule has 0 radical (unpaired) electrons. The van der Waals surface area contributed by atoms with Gasteiger partial charge in [-0.05, 0) is 19.1 Å². The van der Waals surface area contributed by atoms with Gasteiger partial charge in [0.25, 0.3) is 5.91 Å². The Bertz CT molecular complexity index is 568. The number of amides is 1. The number of nitrogens with zero attached hydrogens (tertiary/aromatic N) is 1. The lowest BCUT2D eigenvalue weighted by Gasteiger charge is -2.14. The molecule has 2 aromatic rings.